The summed E-state index contributed by atoms with van der Waals surface area (Å²) in [4.78, 5) is 2.71. The molecule has 0 unspecified atom stereocenters. The molecule has 1 saturated carbocycles. The molecule has 1 aliphatic carbocycles. The van der Waals surface area contributed by atoms with E-state index in [1.54, 1.807) is 12.1 Å². The minimum Gasteiger partial charge on any atom is -0.397 e. The number of hydrogen-bond acceptors (Lipinski definition) is 5. The van der Waals surface area contributed by atoms with Gasteiger partial charge in [0.05, 0.1) is 16.3 Å². The average molecular weight is 297 g/mol. The lowest BCUT2D eigenvalue weighted by molar-refractivity contribution is 0.289. The first-order valence-corrected chi connectivity index (χ1v) is 8.88. The van der Waals surface area contributed by atoms with Gasteiger partial charge in [0.2, 0.25) is 0 Å². The number of likely N-dealkylation sites (N-methyl/N-ethyl adjacent to an activating group) is 1. The third-order valence-corrected chi connectivity index (χ3v) is 4.75. The summed E-state index contributed by atoms with van der Waals surface area (Å²) in [6, 6.07) is 5.59. The van der Waals surface area contributed by atoms with Crippen molar-refractivity contribution >= 4 is 21.2 Å². The molecule has 112 valence electrons. The summed E-state index contributed by atoms with van der Waals surface area (Å²) in [5.41, 5.74) is 7.17. The topological polar surface area (TPSA) is 75.4 Å². The SMILES string of the molecule is CCN(CCNc1ccc(S(C)(=O)=O)cc1N)C1CC1. The summed E-state index contributed by atoms with van der Waals surface area (Å²) in [6.07, 6.45) is 3.79. The molecule has 2 rings (SSSR count). The van der Waals surface area contributed by atoms with Gasteiger partial charge < -0.3 is 11.1 Å². The van der Waals surface area contributed by atoms with E-state index in [1.165, 1.54) is 25.2 Å². The first-order chi connectivity index (χ1) is 9.41. The maximum absolute atomic E-state index is 11.4. The Kier molecular flexibility index (Phi) is 4.55. The van der Waals surface area contributed by atoms with Crippen LogP contribution in [-0.4, -0.2) is 45.2 Å². The Balaban J connectivity index is 1.93. The molecule has 0 heterocycles. The Morgan fingerprint density at radius 2 is 2.10 bits per heavy atom. The molecule has 6 heteroatoms. The molecule has 0 saturated heterocycles. The van der Waals surface area contributed by atoms with E-state index in [1.807, 2.05) is 0 Å². The molecule has 0 radical (unpaired) electrons. The minimum absolute atomic E-state index is 0.258. The van der Waals surface area contributed by atoms with E-state index < -0.39 is 9.84 Å². The van der Waals surface area contributed by atoms with Crippen LogP contribution in [-0.2, 0) is 9.84 Å². The summed E-state index contributed by atoms with van der Waals surface area (Å²) >= 11 is 0. The van der Waals surface area contributed by atoms with Crippen LogP contribution in [0.2, 0.25) is 0 Å². The van der Waals surface area contributed by atoms with Crippen LogP contribution in [0.3, 0.4) is 0 Å². The van der Waals surface area contributed by atoms with Crippen molar-refractivity contribution in [1.29, 1.82) is 0 Å². The van der Waals surface area contributed by atoms with Gasteiger partial charge in [0, 0.05) is 25.4 Å². The predicted octanol–water partition coefficient (Wildman–Crippen LogP) is 1.57. The average Bonchev–Trinajstić information content (AvgIpc) is 3.19. The maximum Gasteiger partial charge on any atom is 0.175 e. The standard InChI is InChI=1S/C14H23N3O2S/c1-3-17(11-4-5-11)9-8-16-14-7-6-12(10-13(14)15)20(2,18)19/h6-7,10-11,16H,3-5,8-9,15H2,1-2H3. The molecule has 0 bridgehead atoms. The third kappa shape index (κ3) is 3.86. The molecule has 1 aromatic rings. The van der Waals surface area contributed by atoms with Crippen molar-refractivity contribution in [3.05, 3.63) is 18.2 Å². The zero-order chi connectivity index (χ0) is 14.8. The molecule has 1 fully saturated rings. The second-order valence-electron chi connectivity index (χ2n) is 5.31. The Morgan fingerprint density at radius 1 is 1.40 bits per heavy atom. The zero-order valence-corrected chi connectivity index (χ0v) is 12.9. The largest absolute Gasteiger partial charge is 0.397 e. The van der Waals surface area contributed by atoms with Gasteiger partial charge in [0.1, 0.15) is 0 Å². The van der Waals surface area contributed by atoms with Gasteiger partial charge in [-0.25, -0.2) is 8.42 Å². The van der Waals surface area contributed by atoms with E-state index in [0.29, 0.717) is 5.69 Å². The highest BCUT2D eigenvalue weighted by molar-refractivity contribution is 7.90. The Bertz CT molecular complexity index is 568. The summed E-state index contributed by atoms with van der Waals surface area (Å²) in [5.74, 6) is 0. The molecule has 5 nitrogen and oxygen atoms in total. The highest BCUT2D eigenvalue weighted by atomic mass is 32.2. The summed E-state index contributed by atoms with van der Waals surface area (Å²) in [5, 5.41) is 3.28. The minimum atomic E-state index is -3.20. The van der Waals surface area contributed by atoms with Gasteiger partial charge in [-0.3, -0.25) is 4.90 Å². The van der Waals surface area contributed by atoms with Crippen LogP contribution >= 0.6 is 0 Å². The molecule has 20 heavy (non-hydrogen) atoms. The Labute approximate surface area is 121 Å². The maximum atomic E-state index is 11.4. The summed E-state index contributed by atoms with van der Waals surface area (Å²) in [6.45, 7) is 5.03. The van der Waals surface area contributed by atoms with Crippen molar-refractivity contribution in [2.45, 2.75) is 30.7 Å². The van der Waals surface area contributed by atoms with Crippen LogP contribution in [0, 0.1) is 0 Å². The molecule has 1 aromatic carbocycles. The lowest BCUT2D eigenvalue weighted by atomic mass is 10.2. The Hall–Kier alpha value is -1.27. The molecule has 0 spiro atoms. The van der Waals surface area contributed by atoms with E-state index >= 15 is 0 Å². The first kappa shape index (κ1) is 15.1. The molecule has 1 aliphatic rings. The van der Waals surface area contributed by atoms with Gasteiger partial charge >= 0.3 is 0 Å². The smallest absolute Gasteiger partial charge is 0.175 e. The summed E-state index contributed by atoms with van der Waals surface area (Å²) < 4.78 is 22.9. The highest BCUT2D eigenvalue weighted by Crippen LogP contribution is 2.26. The van der Waals surface area contributed by atoms with Crippen molar-refractivity contribution in [3.8, 4) is 0 Å². The fourth-order valence-electron chi connectivity index (χ4n) is 2.31. The number of nitrogens with one attached hydrogen (secondary N) is 1. The van der Waals surface area contributed by atoms with Crippen LogP contribution in [0.5, 0.6) is 0 Å². The third-order valence-electron chi connectivity index (χ3n) is 3.64. The number of benzene rings is 1. The van der Waals surface area contributed by atoms with Gasteiger partial charge in [-0.2, -0.15) is 0 Å². The van der Waals surface area contributed by atoms with Crippen LogP contribution < -0.4 is 11.1 Å². The van der Waals surface area contributed by atoms with E-state index in [4.69, 9.17) is 5.73 Å². The van der Waals surface area contributed by atoms with Crippen LogP contribution in [0.15, 0.2) is 23.1 Å². The fourth-order valence-corrected chi connectivity index (χ4v) is 2.96. The van der Waals surface area contributed by atoms with E-state index in [0.717, 1.165) is 31.4 Å². The number of rotatable bonds is 7. The number of nitrogen functional groups attached to an aromatic ring is 1. The highest BCUT2D eigenvalue weighted by Gasteiger charge is 2.27. The van der Waals surface area contributed by atoms with Gasteiger partial charge in [0.15, 0.2) is 9.84 Å². The number of anilines is 2. The van der Waals surface area contributed by atoms with E-state index in [-0.39, 0.29) is 4.90 Å². The van der Waals surface area contributed by atoms with Crippen LogP contribution in [0.4, 0.5) is 11.4 Å². The Morgan fingerprint density at radius 3 is 2.60 bits per heavy atom. The second-order valence-corrected chi connectivity index (χ2v) is 7.32. The monoisotopic (exact) mass is 297 g/mol. The van der Waals surface area contributed by atoms with Crippen LogP contribution in [0.1, 0.15) is 19.8 Å². The molecular formula is C14H23N3O2S. The molecule has 0 aliphatic heterocycles. The van der Waals surface area contributed by atoms with Crippen molar-refractivity contribution in [1.82, 2.24) is 4.90 Å². The predicted molar refractivity (Wildman–Crippen MR) is 82.7 cm³/mol. The zero-order valence-electron chi connectivity index (χ0n) is 12.1. The first-order valence-electron chi connectivity index (χ1n) is 6.99. The lowest BCUT2D eigenvalue weighted by Gasteiger charge is -2.20. The molecular weight excluding hydrogens is 274 g/mol. The van der Waals surface area contributed by atoms with Crippen molar-refractivity contribution in [2.75, 3.05) is 36.9 Å². The number of nitrogens with two attached hydrogens (primary N) is 1. The number of sulfone groups is 1. The van der Waals surface area contributed by atoms with E-state index in [9.17, 15) is 8.42 Å². The lowest BCUT2D eigenvalue weighted by Crippen LogP contribution is -2.31. The van der Waals surface area contributed by atoms with Gasteiger partial charge in [-0.1, -0.05) is 6.92 Å². The fraction of sp³-hybridized carbons (Fsp3) is 0.571. The van der Waals surface area contributed by atoms with Gasteiger partial charge in [0.25, 0.3) is 0 Å². The number of nitrogens with zero attached hydrogens (tertiary/aromatic N) is 1. The van der Waals surface area contributed by atoms with Gasteiger partial charge in [-0.05, 0) is 37.6 Å². The quantitative estimate of drug-likeness (QED) is 0.747. The van der Waals surface area contributed by atoms with E-state index in [2.05, 4.69) is 17.1 Å². The molecule has 0 amide bonds. The molecule has 0 atom stereocenters. The molecule has 0 aromatic heterocycles. The number of hydrogen-bond donors (Lipinski definition) is 2. The second kappa shape index (κ2) is 6.01. The normalized spacial score (nSPS) is 15.6. The van der Waals surface area contributed by atoms with Crippen molar-refractivity contribution in [3.63, 3.8) is 0 Å². The van der Waals surface area contributed by atoms with Crippen molar-refractivity contribution in [2.24, 2.45) is 0 Å². The summed E-state index contributed by atoms with van der Waals surface area (Å²) in [7, 11) is -3.20. The van der Waals surface area contributed by atoms with Gasteiger partial charge in [-0.15, -0.1) is 0 Å². The van der Waals surface area contributed by atoms with Crippen molar-refractivity contribution < 1.29 is 8.42 Å². The molecule has 3 N–H and O–H groups in total. The van der Waals surface area contributed by atoms with Crippen LogP contribution in [0.25, 0.3) is 0 Å².